The van der Waals surface area contributed by atoms with Crippen molar-refractivity contribution in [1.29, 1.82) is 5.26 Å². The summed E-state index contributed by atoms with van der Waals surface area (Å²) in [7, 11) is 0. The first kappa shape index (κ1) is 14.3. The van der Waals surface area contributed by atoms with Gasteiger partial charge < -0.3 is 9.73 Å². The van der Waals surface area contributed by atoms with Gasteiger partial charge in [-0.3, -0.25) is 9.59 Å². The van der Waals surface area contributed by atoms with Gasteiger partial charge in [0, 0.05) is 17.3 Å². The maximum atomic E-state index is 12.0. The van der Waals surface area contributed by atoms with Crippen LogP contribution in [-0.2, 0) is 4.79 Å². The first-order chi connectivity index (χ1) is 10.1. The Morgan fingerprint density at radius 2 is 2.10 bits per heavy atom. The highest BCUT2D eigenvalue weighted by molar-refractivity contribution is 6.09. The molecule has 0 spiro atoms. The average Bonchev–Trinajstić information content (AvgIpc) is 2.97. The SMILES string of the molecule is CC(=O)c1cccc(NC(=O)/C(C#N)=C/c2ccco2)c1. The standard InChI is InChI=1S/C16H12N2O3/c1-11(19)12-4-2-5-14(8-12)18-16(20)13(10-17)9-15-6-3-7-21-15/h2-9H,1H3,(H,18,20)/b13-9+. The summed E-state index contributed by atoms with van der Waals surface area (Å²) in [4.78, 5) is 23.3. The second-order valence-electron chi connectivity index (χ2n) is 4.28. The second-order valence-corrected chi connectivity index (χ2v) is 4.28. The van der Waals surface area contributed by atoms with Crippen LogP contribution in [0, 0.1) is 11.3 Å². The van der Waals surface area contributed by atoms with Gasteiger partial charge in [0.15, 0.2) is 5.78 Å². The highest BCUT2D eigenvalue weighted by atomic mass is 16.3. The van der Waals surface area contributed by atoms with Gasteiger partial charge in [0.05, 0.1) is 6.26 Å². The number of nitrogens with one attached hydrogen (secondary N) is 1. The number of rotatable bonds is 4. The van der Waals surface area contributed by atoms with E-state index in [1.54, 1.807) is 36.4 Å². The predicted molar refractivity (Wildman–Crippen MR) is 77.4 cm³/mol. The number of nitriles is 1. The number of carbonyl (C=O) groups excluding carboxylic acids is 2. The molecule has 2 aromatic rings. The van der Waals surface area contributed by atoms with E-state index in [0.717, 1.165) is 0 Å². The largest absolute Gasteiger partial charge is 0.465 e. The van der Waals surface area contributed by atoms with Gasteiger partial charge in [-0.25, -0.2) is 0 Å². The van der Waals surface area contributed by atoms with Gasteiger partial charge >= 0.3 is 0 Å². The summed E-state index contributed by atoms with van der Waals surface area (Å²) < 4.78 is 5.06. The summed E-state index contributed by atoms with van der Waals surface area (Å²) in [6, 6.07) is 11.6. The Labute approximate surface area is 121 Å². The molecule has 1 aromatic carbocycles. The number of Topliss-reactive ketones (excluding diaryl/α,β-unsaturated/α-hetero) is 1. The zero-order valence-electron chi connectivity index (χ0n) is 11.3. The molecule has 0 aliphatic rings. The maximum Gasteiger partial charge on any atom is 0.266 e. The molecular formula is C16H12N2O3. The molecule has 0 unspecified atom stereocenters. The third kappa shape index (κ3) is 3.67. The highest BCUT2D eigenvalue weighted by Crippen LogP contribution is 2.14. The Bertz CT molecular complexity index is 737. The van der Waals surface area contributed by atoms with E-state index in [9.17, 15) is 9.59 Å². The number of benzene rings is 1. The average molecular weight is 280 g/mol. The van der Waals surface area contributed by atoms with Gasteiger partial charge in [-0.1, -0.05) is 12.1 Å². The van der Waals surface area contributed by atoms with E-state index < -0.39 is 5.91 Å². The molecule has 1 heterocycles. The minimum atomic E-state index is -0.561. The molecular weight excluding hydrogens is 268 g/mol. The van der Waals surface area contributed by atoms with Gasteiger partial charge in [-0.05, 0) is 31.2 Å². The number of carbonyl (C=O) groups is 2. The summed E-state index contributed by atoms with van der Waals surface area (Å²) in [5.41, 5.74) is 0.854. The van der Waals surface area contributed by atoms with Crippen LogP contribution in [0.5, 0.6) is 0 Å². The van der Waals surface area contributed by atoms with Crippen molar-refractivity contribution in [3.63, 3.8) is 0 Å². The molecule has 5 heteroatoms. The first-order valence-corrected chi connectivity index (χ1v) is 6.18. The van der Waals surface area contributed by atoms with Gasteiger partial charge in [0.2, 0.25) is 0 Å². The summed E-state index contributed by atoms with van der Waals surface area (Å²) in [6.07, 6.45) is 2.80. The number of anilines is 1. The normalized spacial score (nSPS) is 10.8. The van der Waals surface area contributed by atoms with E-state index in [4.69, 9.17) is 9.68 Å². The summed E-state index contributed by atoms with van der Waals surface area (Å²) in [6.45, 7) is 1.44. The Morgan fingerprint density at radius 3 is 2.71 bits per heavy atom. The van der Waals surface area contributed by atoms with E-state index in [1.165, 1.54) is 19.3 Å². The van der Waals surface area contributed by atoms with E-state index in [0.29, 0.717) is 17.0 Å². The lowest BCUT2D eigenvalue weighted by Crippen LogP contribution is -2.13. The molecule has 1 aromatic heterocycles. The van der Waals surface area contributed by atoms with Crippen LogP contribution in [-0.4, -0.2) is 11.7 Å². The van der Waals surface area contributed by atoms with E-state index in [-0.39, 0.29) is 11.4 Å². The Kier molecular flexibility index (Phi) is 4.32. The smallest absolute Gasteiger partial charge is 0.266 e. The Balaban J connectivity index is 2.19. The molecule has 0 aliphatic carbocycles. The van der Waals surface area contributed by atoms with Gasteiger partial charge in [-0.2, -0.15) is 5.26 Å². The van der Waals surface area contributed by atoms with Crippen LogP contribution in [0.4, 0.5) is 5.69 Å². The quantitative estimate of drug-likeness (QED) is 0.530. The first-order valence-electron chi connectivity index (χ1n) is 6.18. The molecule has 0 atom stereocenters. The van der Waals surface area contributed by atoms with E-state index in [1.807, 2.05) is 6.07 Å². The van der Waals surface area contributed by atoms with Crippen molar-refractivity contribution in [1.82, 2.24) is 0 Å². The lowest BCUT2D eigenvalue weighted by atomic mass is 10.1. The zero-order valence-corrected chi connectivity index (χ0v) is 11.3. The van der Waals surface area contributed by atoms with Crippen molar-refractivity contribution < 1.29 is 14.0 Å². The number of nitrogens with zero attached hydrogens (tertiary/aromatic N) is 1. The van der Waals surface area contributed by atoms with Crippen LogP contribution in [0.15, 0.2) is 52.7 Å². The molecule has 5 nitrogen and oxygen atoms in total. The van der Waals surface area contributed by atoms with E-state index >= 15 is 0 Å². The molecule has 0 fully saturated rings. The van der Waals surface area contributed by atoms with Crippen molar-refractivity contribution in [3.05, 3.63) is 59.6 Å². The maximum absolute atomic E-state index is 12.0. The van der Waals surface area contributed by atoms with Gasteiger partial charge in [-0.15, -0.1) is 0 Å². The lowest BCUT2D eigenvalue weighted by molar-refractivity contribution is -0.112. The molecule has 1 amide bonds. The summed E-state index contributed by atoms with van der Waals surface area (Å²) >= 11 is 0. The fourth-order valence-corrected chi connectivity index (χ4v) is 1.68. The molecule has 0 radical (unpaired) electrons. The number of amides is 1. The number of hydrogen-bond donors (Lipinski definition) is 1. The number of ketones is 1. The molecule has 0 bridgehead atoms. The fraction of sp³-hybridized carbons (Fsp3) is 0.0625. The monoisotopic (exact) mass is 280 g/mol. The molecule has 0 saturated heterocycles. The molecule has 0 saturated carbocycles. The predicted octanol–water partition coefficient (Wildman–Crippen LogP) is 3.03. The van der Waals surface area contributed by atoms with E-state index in [2.05, 4.69) is 5.32 Å². The number of furan rings is 1. The highest BCUT2D eigenvalue weighted by Gasteiger charge is 2.11. The van der Waals surface area contributed by atoms with Crippen LogP contribution < -0.4 is 5.32 Å². The van der Waals surface area contributed by atoms with Crippen molar-refractivity contribution in [3.8, 4) is 6.07 Å². The van der Waals surface area contributed by atoms with Crippen LogP contribution >= 0.6 is 0 Å². The topological polar surface area (TPSA) is 83.1 Å². The third-order valence-corrected chi connectivity index (χ3v) is 2.72. The third-order valence-electron chi connectivity index (χ3n) is 2.72. The Morgan fingerprint density at radius 1 is 1.29 bits per heavy atom. The van der Waals surface area contributed by atoms with Crippen molar-refractivity contribution in [2.75, 3.05) is 5.32 Å². The second kappa shape index (κ2) is 6.35. The van der Waals surface area contributed by atoms with Crippen LogP contribution in [0.25, 0.3) is 6.08 Å². The number of hydrogen-bond acceptors (Lipinski definition) is 4. The van der Waals surface area contributed by atoms with Gasteiger partial charge in [0.25, 0.3) is 5.91 Å². The van der Waals surface area contributed by atoms with Crippen molar-refractivity contribution in [2.45, 2.75) is 6.92 Å². The molecule has 0 aliphatic heterocycles. The van der Waals surface area contributed by atoms with Crippen molar-refractivity contribution >= 4 is 23.5 Å². The molecule has 2 rings (SSSR count). The minimum Gasteiger partial charge on any atom is -0.465 e. The zero-order chi connectivity index (χ0) is 15.2. The molecule has 104 valence electrons. The summed E-state index contributed by atoms with van der Waals surface area (Å²) in [5.74, 6) is -0.244. The van der Waals surface area contributed by atoms with Crippen LogP contribution in [0.3, 0.4) is 0 Å². The van der Waals surface area contributed by atoms with Crippen LogP contribution in [0.1, 0.15) is 23.0 Å². The molecule has 1 N–H and O–H groups in total. The van der Waals surface area contributed by atoms with Gasteiger partial charge in [0.1, 0.15) is 17.4 Å². The fourth-order valence-electron chi connectivity index (χ4n) is 1.68. The molecule has 21 heavy (non-hydrogen) atoms. The minimum absolute atomic E-state index is 0.0850. The summed E-state index contributed by atoms with van der Waals surface area (Å²) in [5, 5.41) is 11.6. The Hall–Kier alpha value is -3.13. The lowest BCUT2D eigenvalue weighted by Gasteiger charge is -2.05. The van der Waals surface area contributed by atoms with Crippen LogP contribution in [0.2, 0.25) is 0 Å². The van der Waals surface area contributed by atoms with Crippen molar-refractivity contribution in [2.24, 2.45) is 0 Å².